The molecule has 0 atom stereocenters. The molecule has 0 fully saturated rings. The van der Waals surface area contributed by atoms with Crippen LogP contribution in [0.2, 0.25) is 0 Å². The van der Waals surface area contributed by atoms with Gasteiger partial charge in [-0.15, -0.1) is 0 Å². The van der Waals surface area contributed by atoms with E-state index in [0.29, 0.717) is 10.7 Å². The van der Waals surface area contributed by atoms with Gasteiger partial charge in [-0.05, 0) is 35.5 Å². The minimum Gasteiger partial charge on any atom is -0.392 e. The molecule has 84 valence electrons. The summed E-state index contributed by atoms with van der Waals surface area (Å²) in [6.45, 7) is -0.196. The number of benzene rings is 1. The zero-order chi connectivity index (χ0) is 11.5. The maximum atomic E-state index is 12.9. The van der Waals surface area contributed by atoms with Crippen LogP contribution in [0, 0.1) is 5.82 Å². The molecule has 0 bridgehead atoms. The van der Waals surface area contributed by atoms with E-state index in [1.165, 1.54) is 30.2 Å². The maximum absolute atomic E-state index is 12.9. The highest BCUT2D eigenvalue weighted by molar-refractivity contribution is 7.99. The summed E-state index contributed by atoms with van der Waals surface area (Å²) in [7, 11) is 1.78. The predicted octanol–water partition coefficient (Wildman–Crippen LogP) is 1.60. The second-order valence-electron chi connectivity index (χ2n) is 3.18. The van der Waals surface area contributed by atoms with Crippen molar-refractivity contribution in [3.05, 3.63) is 35.9 Å². The van der Waals surface area contributed by atoms with Crippen molar-refractivity contribution in [3.8, 4) is 0 Å². The van der Waals surface area contributed by atoms with E-state index in [1.54, 1.807) is 17.8 Å². The topological polar surface area (TPSA) is 50.9 Å². The lowest BCUT2D eigenvalue weighted by Gasteiger charge is -2.05. The van der Waals surface area contributed by atoms with Crippen molar-refractivity contribution in [1.29, 1.82) is 0 Å². The molecule has 0 unspecified atom stereocenters. The van der Waals surface area contributed by atoms with Gasteiger partial charge in [0.1, 0.15) is 12.1 Å². The molecule has 1 aromatic heterocycles. The molecule has 0 aliphatic rings. The van der Waals surface area contributed by atoms with E-state index < -0.39 is 0 Å². The number of hydrogen-bond acceptors (Lipinski definition) is 4. The van der Waals surface area contributed by atoms with Gasteiger partial charge in [0.15, 0.2) is 5.16 Å². The first-order valence-corrected chi connectivity index (χ1v) is 5.43. The van der Waals surface area contributed by atoms with Crippen LogP contribution in [-0.4, -0.2) is 19.9 Å². The molecule has 16 heavy (non-hydrogen) atoms. The molecule has 0 amide bonds. The summed E-state index contributed by atoms with van der Waals surface area (Å²) in [5.41, 5.74) is 0.549. The van der Waals surface area contributed by atoms with Crippen molar-refractivity contribution in [2.45, 2.75) is 16.7 Å². The molecule has 1 aromatic carbocycles. The summed E-state index contributed by atoms with van der Waals surface area (Å²) in [6, 6.07) is 4.30. The third-order valence-electron chi connectivity index (χ3n) is 2.06. The first-order valence-electron chi connectivity index (χ1n) is 4.62. The Bertz CT molecular complexity index is 501. The Kier molecular flexibility index (Phi) is 3.21. The fourth-order valence-electron chi connectivity index (χ4n) is 1.25. The zero-order valence-electron chi connectivity index (χ0n) is 8.59. The van der Waals surface area contributed by atoms with Crippen LogP contribution in [0.5, 0.6) is 0 Å². The van der Waals surface area contributed by atoms with E-state index in [-0.39, 0.29) is 12.4 Å². The van der Waals surface area contributed by atoms with Crippen molar-refractivity contribution in [3.63, 3.8) is 0 Å². The Labute approximate surface area is 96.1 Å². The van der Waals surface area contributed by atoms with Crippen LogP contribution in [0.25, 0.3) is 0 Å². The molecule has 0 spiro atoms. The predicted molar refractivity (Wildman–Crippen MR) is 57.4 cm³/mol. The van der Waals surface area contributed by atoms with E-state index in [2.05, 4.69) is 10.1 Å². The number of nitrogens with zero attached hydrogens (tertiary/aromatic N) is 3. The third kappa shape index (κ3) is 2.23. The van der Waals surface area contributed by atoms with Gasteiger partial charge < -0.3 is 5.11 Å². The fraction of sp³-hybridized carbons (Fsp3) is 0.200. The average molecular weight is 239 g/mol. The summed E-state index contributed by atoms with van der Waals surface area (Å²) in [5.74, 6) is -0.355. The average Bonchev–Trinajstić information content (AvgIpc) is 2.67. The maximum Gasteiger partial charge on any atom is 0.190 e. The van der Waals surface area contributed by atoms with Gasteiger partial charge in [0.2, 0.25) is 0 Å². The number of halogens is 1. The minimum absolute atomic E-state index is 0.196. The Morgan fingerprint density at radius 2 is 2.31 bits per heavy atom. The van der Waals surface area contributed by atoms with Crippen LogP contribution in [0.4, 0.5) is 4.39 Å². The first kappa shape index (κ1) is 11.1. The molecular formula is C10H10FN3OS. The molecule has 1 N–H and O–H groups in total. The Morgan fingerprint density at radius 3 is 2.94 bits per heavy atom. The van der Waals surface area contributed by atoms with Crippen LogP contribution >= 0.6 is 11.8 Å². The van der Waals surface area contributed by atoms with Gasteiger partial charge in [0.05, 0.1) is 6.61 Å². The van der Waals surface area contributed by atoms with Crippen molar-refractivity contribution < 1.29 is 9.50 Å². The lowest BCUT2D eigenvalue weighted by atomic mass is 10.2. The Hall–Kier alpha value is -1.40. The zero-order valence-corrected chi connectivity index (χ0v) is 9.41. The largest absolute Gasteiger partial charge is 0.392 e. The Morgan fingerprint density at radius 1 is 1.50 bits per heavy atom. The molecule has 2 rings (SSSR count). The summed E-state index contributed by atoms with van der Waals surface area (Å²) in [5, 5.41) is 13.7. The highest BCUT2D eigenvalue weighted by atomic mass is 32.2. The van der Waals surface area contributed by atoms with Gasteiger partial charge >= 0.3 is 0 Å². The summed E-state index contributed by atoms with van der Waals surface area (Å²) >= 11 is 1.34. The molecule has 0 saturated carbocycles. The molecular weight excluding hydrogens is 229 g/mol. The van der Waals surface area contributed by atoms with E-state index in [0.717, 1.165) is 4.90 Å². The van der Waals surface area contributed by atoms with E-state index >= 15 is 0 Å². The normalized spacial score (nSPS) is 10.7. The SMILES string of the molecule is Cn1ncnc1Sc1ccc(F)cc1CO. The third-order valence-corrected chi connectivity index (χ3v) is 3.23. The molecule has 1 heterocycles. The number of aryl methyl sites for hydroxylation is 1. The highest BCUT2D eigenvalue weighted by Gasteiger charge is 2.08. The molecule has 6 heteroatoms. The standard InChI is InChI=1S/C10H10FN3OS/c1-14-10(12-6-13-14)16-9-3-2-8(11)4-7(9)5-15/h2-4,6,15H,5H2,1H3. The minimum atomic E-state index is -0.355. The second-order valence-corrected chi connectivity index (χ2v) is 4.19. The van der Waals surface area contributed by atoms with Gasteiger partial charge in [0, 0.05) is 11.9 Å². The molecule has 0 radical (unpaired) electrons. The van der Waals surface area contributed by atoms with Crippen molar-refractivity contribution in [1.82, 2.24) is 14.8 Å². The smallest absolute Gasteiger partial charge is 0.190 e. The van der Waals surface area contributed by atoms with Gasteiger partial charge in [-0.2, -0.15) is 5.10 Å². The lowest BCUT2D eigenvalue weighted by molar-refractivity contribution is 0.278. The van der Waals surface area contributed by atoms with Crippen LogP contribution in [0.1, 0.15) is 5.56 Å². The lowest BCUT2D eigenvalue weighted by Crippen LogP contribution is -1.94. The summed E-state index contributed by atoms with van der Waals surface area (Å²) in [4.78, 5) is 4.83. The molecule has 0 aliphatic heterocycles. The van der Waals surface area contributed by atoms with Gasteiger partial charge in [-0.25, -0.2) is 14.1 Å². The van der Waals surface area contributed by atoms with Gasteiger partial charge in [-0.3, -0.25) is 0 Å². The quantitative estimate of drug-likeness (QED) is 0.883. The van der Waals surface area contributed by atoms with Crippen LogP contribution in [-0.2, 0) is 13.7 Å². The van der Waals surface area contributed by atoms with Crippen LogP contribution in [0.3, 0.4) is 0 Å². The van der Waals surface area contributed by atoms with Gasteiger partial charge in [0.25, 0.3) is 0 Å². The van der Waals surface area contributed by atoms with Crippen molar-refractivity contribution >= 4 is 11.8 Å². The number of aliphatic hydroxyl groups excluding tert-OH is 1. The van der Waals surface area contributed by atoms with Gasteiger partial charge in [-0.1, -0.05) is 0 Å². The van der Waals surface area contributed by atoms with Crippen LogP contribution in [0.15, 0.2) is 34.6 Å². The molecule has 4 nitrogen and oxygen atoms in total. The molecule has 0 saturated heterocycles. The Balaban J connectivity index is 2.31. The monoisotopic (exact) mass is 239 g/mol. The van der Waals surface area contributed by atoms with Crippen molar-refractivity contribution in [2.75, 3.05) is 0 Å². The summed E-state index contributed by atoms with van der Waals surface area (Å²) in [6.07, 6.45) is 1.45. The number of aromatic nitrogens is 3. The number of aliphatic hydroxyl groups is 1. The number of rotatable bonds is 3. The van der Waals surface area contributed by atoms with E-state index in [9.17, 15) is 4.39 Å². The molecule has 0 aliphatic carbocycles. The number of hydrogen-bond donors (Lipinski definition) is 1. The van der Waals surface area contributed by atoms with E-state index in [4.69, 9.17) is 5.11 Å². The summed E-state index contributed by atoms with van der Waals surface area (Å²) < 4.78 is 14.6. The van der Waals surface area contributed by atoms with Crippen LogP contribution < -0.4 is 0 Å². The fourth-order valence-corrected chi connectivity index (χ4v) is 2.11. The van der Waals surface area contributed by atoms with Crippen molar-refractivity contribution in [2.24, 2.45) is 7.05 Å². The molecule has 2 aromatic rings. The first-order chi connectivity index (χ1) is 7.70. The second kappa shape index (κ2) is 4.63. The highest BCUT2D eigenvalue weighted by Crippen LogP contribution is 2.28. The van der Waals surface area contributed by atoms with E-state index in [1.807, 2.05) is 0 Å².